The molecule has 0 saturated heterocycles. The van der Waals surface area contributed by atoms with Crippen molar-refractivity contribution in [2.75, 3.05) is 11.9 Å². The highest BCUT2D eigenvalue weighted by Crippen LogP contribution is 2.23. The van der Waals surface area contributed by atoms with E-state index >= 15 is 0 Å². The van der Waals surface area contributed by atoms with Crippen LogP contribution in [0.5, 0.6) is 5.75 Å². The number of carbonyl (C=O) groups is 1. The van der Waals surface area contributed by atoms with Gasteiger partial charge in [0.1, 0.15) is 5.75 Å². The van der Waals surface area contributed by atoms with Gasteiger partial charge in [-0.1, -0.05) is 17.7 Å². The predicted octanol–water partition coefficient (Wildman–Crippen LogP) is 3.20. The van der Waals surface area contributed by atoms with Gasteiger partial charge in [-0.25, -0.2) is 13.1 Å². The van der Waals surface area contributed by atoms with Crippen molar-refractivity contribution in [3.63, 3.8) is 0 Å². The Morgan fingerprint density at radius 3 is 2.19 bits per heavy atom. The summed E-state index contributed by atoms with van der Waals surface area (Å²) in [6.07, 6.45) is -4.94. The lowest BCUT2D eigenvalue weighted by atomic mass is 10.2. The number of nitrogens with one attached hydrogen (secondary N) is 2. The Labute approximate surface area is 154 Å². The van der Waals surface area contributed by atoms with Gasteiger partial charge in [0.25, 0.3) is 0 Å². The minimum Gasteiger partial charge on any atom is -0.406 e. The second-order valence-corrected chi connectivity index (χ2v) is 7.35. The number of benzene rings is 2. The van der Waals surface area contributed by atoms with Crippen LogP contribution in [0, 0.1) is 6.92 Å². The lowest BCUT2D eigenvalue weighted by Gasteiger charge is -2.10. The first-order chi connectivity index (χ1) is 12.5. The van der Waals surface area contributed by atoms with Gasteiger partial charge in [-0.3, -0.25) is 4.79 Å². The van der Waals surface area contributed by atoms with Crippen LogP contribution in [0.2, 0.25) is 0 Å². The first kappa shape index (κ1) is 20.7. The number of carbonyl (C=O) groups excluding carboxylic acids is 1. The molecule has 146 valence electrons. The van der Waals surface area contributed by atoms with Crippen molar-refractivity contribution >= 4 is 21.6 Å². The molecule has 0 aliphatic heterocycles. The van der Waals surface area contributed by atoms with E-state index < -0.39 is 28.0 Å². The molecule has 0 aliphatic carbocycles. The molecule has 0 atom stereocenters. The Hall–Kier alpha value is -2.59. The standard InChI is InChI=1S/C17H17F3N2O4S/c1-12-2-8-15(9-3-12)27(24,25)21-11-10-16(23)22-13-4-6-14(7-5-13)26-17(18,19)20/h2-9,21H,10-11H2,1H3,(H,22,23). The third-order valence-electron chi connectivity index (χ3n) is 3.35. The third kappa shape index (κ3) is 6.91. The van der Waals surface area contributed by atoms with Gasteiger partial charge in [-0.15, -0.1) is 13.2 Å². The Balaban J connectivity index is 1.83. The average Bonchev–Trinajstić information content (AvgIpc) is 2.55. The lowest BCUT2D eigenvalue weighted by Crippen LogP contribution is -2.27. The summed E-state index contributed by atoms with van der Waals surface area (Å²) in [5.41, 5.74) is 1.18. The predicted molar refractivity (Wildman–Crippen MR) is 92.7 cm³/mol. The van der Waals surface area contributed by atoms with E-state index in [0.29, 0.717) is 0 Å². The smallest absolute Gasteiger partial charge is 0.406 e. The second-order valence-electron chi connectivity index (χ2n) is 5.58. The molecule has 0 aromatic heterocycles. The van der Waals surface area contributed by atoms with Gasteiger partial charge in [0.15, 0.2) is 0 Å². The molecule has 0 bridgehead atoms. The number of ether oxygens (including phenoxy) is 1. The zero-order chi connectivity index (χ0) is 20.1. The van der Waals surface area contributed by atoms with Gasteiger partial charge in [-0.2, -0.15) is 0 Å². The number of halogens is 3. The fraction of sp³-hybridized carbons (Fsp3) is 0.235. The molecule has 2 N–H and O–H groups in total. The maximum Gasteiger partial charge on any atom is 0.573 e. The van der Waals surface area contributed by atoms with Crippen LogP contribution in [-0.2, 0) is 14.8 Å². The molecular formula is C17H17F3N2O4S. The van der Waals surface area contributed by atoms with E-state index in [2.05, 4.69) is 14.8 Å². The molecule has 2 aromatic rings. The first-order valence-electron chi connectivity index (χ1n) is 7.77. The van der Waals surface area contributed by atoms with Crippen LogP contribution in [-0.4, -0.2) is 27.2 Å². The maximum absolute atomic E-state index is 12.1. The molecule has 27 heavy (non-hydrogen) atoms. The van der Waals surface area contributed by atoms with Crippen LogP contribution in [0.15, 0.2) is 53.4 Å². The number of rotatable bonds is 7. The Kier molecular flexibility index (Phi) is 6.45. The zero-order valence-corrected chi connectivity index (χ0v) is 15.0. The van der Waals surface area contributed by atoms with E-state index in [0.717, 1.165) is 17.7 Å². The summed E-state index contributed by atoms with van der Waals surface area (Å²) in [4.78, 5) is 11.9. The van der Waals surface area contributed by atoms with Crippen molar-refractivity contribution in [3.8, 4) is 5.75 Å². The largest absolute Gasteiger partial charge is 0.573 e. The number of anilines is 1. The fourth-order valence-corrected chi connectivity index (χ4v) is 3.09. The van der Waals surface area contributed by atoms with Gasteiger partial charge in [0.2, 0.25) is 15.9 Å². The van der Waals surface area contributed by atoms with Gasteiger partial charge < -0.3 is 10.1 Å². The molecule has 10 heteroatoms. The zero-order valence-electron chi connectivity index (χ0n) is 14.2. The SMILES string of the molecule is Cc1ccc(S(=O)(=O)NCCC(=O)Nc2ccc(OC(F)(F)F)cc2)cc1. The van der Waals surface area contributed by atoms with E-state index in [9.17, 15) is 26.4 Å². The molecule has 0 aliphatic rings. The number of aryl methyl sites for hydroxylation is 1. The van der Waals surface area contributed by atoms with Crippen LogP contribution in [0.3, 0.4) is 0 Å². The van der Waals surface area contributed by atoms with Crippen molar-refractivity contribution in [2.45, 2.75) is 24.6 Å². The van der Waals surface area contributed by atoms with E-state index in [-0.39, 0.29) is 23.5 Å². The molecule has 0 saturated carbocycles. The van der Waals surface area contributed by atoms with Gasteiger partial charge in [0, 0.05) is 18.7 Å². The van der Waals surface area contributed by atoms with Gasteiger partial charge in [-0.05, 0) is 43.3 Å². The summed E-state index contributed by atoms with van der Waals surface area (Å²) in [6.45, 7) is 1.70. The number of hydrogen-bond donors (Lipinski definition) is 2. The van der Waals surface area contributed by atoms with Gasteiger partial charge >= 0.3 is 6.36 Å². The van der Waals surface area contributed by atoms with Crippen LogP contribution >= 0.6 is 0 Å². The molecule has 2 aromatic carbocycles. The van der Waals surface area contributed by atoms with Crippen LogP contribution in [0.25, 0.3) is 0 Å². The highest BCUT2D eigenvalue weighted by atomic mass is 32.2. The van der Waals surface area contributed by atoms with Crippen molar-refractivity contribution in [1.29, 1.82) is 0 Å². The number of alkyl halides is 3. The molecule has 1 amide bonds. The molecule has 0 radical (unpaired) electrons. The topological polar surface area (TPSA) is 84.5 Å². The molecule has 0 fully saturated rings. The van der Waals surface area contributed by atoms with E-state index in [1.807, 2.05) is 6.92 Å². The van der Waals surface area contributed by atoms with Crippen molar-refractivity contribution in [3.05, 3.63) is 54.1 Å². The number of hydrogen-bond acceptors (Lipinski definition) is 4. The Bertz CT molecular complexity index is 880. The molecular weight excluding hydrogens is 385 g/mol. The maximum atomic E-state index is 12.1. The van der Waals surface area contributed by atoms with Crippen molar-refractivity contribution in [2.24, 2.45) is 0 Å². The summed E-state index contributed by atoms with van der Waals surface area (Å²) in [5, 5.41) is 2.45. The quantitative estimate of drug-likeness (QED) is 0.745. The summed E-state index contributed by atoms with van der Waals surface area (Å²) in [6, 6.07) is 10.8. The molecule has 0 unspecified atom stereocenters. The van der Waals surface area contributed by atoms with Crippen molar-refractivity contribution < 1.29 is 31.1 Å². The molecule has 6 nitrogen and oxygen atoms in total. The molecule has 0 spiro atoms. The monoisotopic (exact) mass is 402 g/mol. The van der Waals surface area contributed by atoms with Crippen LogP contribution < -0.4 is 14.8 Å². The summed E-state index contributed by atoms with van der Waals surface area (Å²) < 4.78 is 66.5. The number of sulfonamides is 1. The highest BCUT2D eigenvalue weighted by Gasteiger charge is 2.30. The van der Waals surface area contributed by atoms with Crippen LogP contribution in [0.1, 0.15) is 12.0 Å². The average molecular weight is 402 g/mol. The minimum absolute atomic E-state index is 0.0914. The lowest BCUT2D eigenvalue weighted by molar-refractivity contribution is -0.274. The third-order valence-corrected chi connectivity index (χ3v) is 4.82. The Morgan fingerprint density at radius 1 is 1.04 bits per heavy atom. The highest BCUT2D eigenvalue weighted by molar-refractivity contribution is 7.89. The molecule has 0 heterocycles. The normalized spacial score (nSPS) is 11.9. The summed E-state index contributed by atoms with van der Waals surface area (Å²) >= 11 is 0. The summed E-state index contributed by atoms with van der Waals surface area (Å²) in [7, 11) is -3.72. The Morgan fingerprint density at radius 2 is 1.63 bits per heavy atom. The number of amides is 1. The first-order valence-corrected chi connectivity index (χ1v) is 9.25. The fourth-order valence-electron chi connectivity index (χ4n) is 2.06. The van der Waals surface area contributed by atoms with E-state index in [1.165, 1.54) is 24.3 Å². The van der Waals surface area contributed by atoms with Gasteiger partial charge in [0.05, 0.1) is 4.90 Å². The van der Waals surface area contributed by atoms with E-state index in [4.69, 9.17) is 0 Å². The second kappa shape index (κ2) is 8.40. The molecule has 2 rings (SSSR count). The van der Waals surface area contributed by atoms with Crippen molar-refractivity contribution in [1.82, 2.24) is 4.72 Å². The minimum atomic E-state index is -4.79. The summed E-state index contributed by atoms with van der Waals surface area (Å²) in [5.74, 6) is -0.905. The van der Waals surface area contributed by atoms with Crippen LogP contribution in [0.4, 0.5) is 18.9 Å². The van der Waals surface area contributed by atoms with E-state index in [1.54, 1.807) is 12.1 Å².